The van der Waals surface area contributed by atoms with Crippen molar-refractivity contribution in [3.63, 3.8) is 0 Å². The van der Waals surface area contributed by atoms with Gasteiger partial charge in [-0.3, -0.25) is 9.59 Å². The molecule has 3 aromatic heterocycles. The van der Waals surface area contributed by atoms with Crippen LogP contribution < -0.4 is 5.43 Å². The Kier molecular flexibility index (Phi) is 5.03. The fraction of sp³-hybridized carbons (Fsp3) is 0.143. The second kappa shape index (κ2) is 8.29. The van der Waals surface area contributed by atoms with E-state index in [1.54, 1.807) is 36.4 Å². The zero-order chi connectivity index (χ0) is 27.2. The average molecular weight is 543 g/mol. The molecular formula is C28H22N4O6S. The molecule has 0 spiro atoms. The van der Waals surface area contributed by atoms with Crippen molar-refractivity contribution in [2.75, 3.05) is 0 Å². The van der Waals surface area contributed by atoms with E-state index in [1.165, 1.54) is 17.4 Å². The number of phenols is 2. The van der Waals surface area contributed by atoms with Gasteiger partial charge in [0.25, 0.3) is 11.8 Å². The number of phenolic OH excluding ortho intramolecular Hbond substituents is 2. The van der Waals surface area contributed by atoms with Gasteiger partial charge in [-0.25, -0.2) is 10.4 Å². The zero-order valence-corrected chi connectivity index (χ0v) is 21.4. The Morgan fingerprint density at radius 3 is 2.28 bits per heavy atom. The summed E-state index contributed by atoms with van der Waals surface area (Å²) in [4.78, 5) is 32.6. The Morgan fingerprint density at radius 2 is 1.59 bits per heavy atom. The fourth-order valence-corrected chi connectivity index (χ4v) is 6.74. The van der Waals surface area contributed by atoms with E-state index in [9.17, 15) is 30.0 Å². The third kappa shape index (κ3) is 3.18. The van der Waals surface area contributed by atoms with E-state index in [0.717, 1.165) is 9.89 Å². The molecule has 0 bridgehead atoms. The summed E-state index contributed by atoms with van der Waals surface area (Å²) in [7, 11) is 1.84. The minimum absolute atomic E-state index is 0.0649. The van der Waals surface area contributed by atoms with Crippen LogP contribution in [-0.2, 0) is 26.8 Å². The van der Waals surface area contributed by atoms with Crippen LogP contribution >= 0.6 is 11.3 Å². The Balaban J connectivity index is 1.48. The zero-order valence-electron chi connectivity index (χ0n) is 20.6. The minimum atomic E-state index is -0.507. The van der Waals surface area contributed by atoms with Gasteiger partial charge in [0.2, 0.25) is 0 Å². The predicted molar refractivity (Wildman–Crippen MR) is 147 cm³/mol. The third-order valence-electron chi connectivity index (χ3n) is 7.46. The normalized spacial score (nSPS) is 13.7. The van der Waals surface area contributed by atoms with Gasteiger partial charge in [0.15, 0.2) is 0 Å². The van der Waals surface area contributed by atoms with E-state index < -0.39 is 11.8 Å². The van der Waals surface area contributed by atoms with Crippen LogP contribution in [0.5, 0.6) is 11.5 Å². The standard InChI is InChI=1S/C28H22N4O6S/c1-31-19-8-14(36)3-5-17(19)22-24-23(21-16-4-2-13(35)7-18(16)30-25(21)26(22)31)27(37)32(28(24)38)29-9-15-6-12(10-33)20(11-34)39-15/h2-8,29-30,33-36H,9-11H2,1H3. The Bertz CT molecular complexity index is 2010. The number of aromatic amines is 1. The number of thiophene rings is 1. The topological polar surface area (TPSA) is 151 Å². The number of benzene rings is 3. The number of nitrogens with zero attached hydrogens (tertiary/aromatic N) is 2. The summed E-state index contributed by atoms with van der Waals surface area (Å²) in [6, 6.07) is 11.5. The molecule has 6 aromatic rings. The van der Waals surface area contributed by atoms with Crippen molar-refractivity contribution in [2.45, 2.75) is 19.8 Å². The first-order valence-corrected chi connectivity index (χ1v) is 13.0. The van der Waals surface area contributed by atoms with E-state index in [2.05, 4.69) is 10.4 Å². The maximum absolute atomic E-state index is 14.0. The molecule has 6 N–H and O–H groups in total. The van der Waals surface area contributed by atoms with Gasteiger partial charge in [-0.05, 0) is 35.9 Å². The molecule has 0 saturated carbocycles. The van der Waals surface area contributed by atoms with Crippen LogP contribution in [0.25, 0.3) is 43.6 Å². The molecule has 2 amide bonds. The predicted octanol–water partition coefficient (Wildman–Crippen LogP) is 3.72. The molecule has 1 aliphatic rings. The van der Waals surface area contributed by atoms with Crippen LogP contribution in [0.15, 0.2) is 42.5 Å². The van der Waals surface area contributed by atoms with Crippen LogP contribution in [0.4, 0.5) is 0 Å². The number of amides is 2. The van der Waals surface area contributed by atoms with Crippen LogP contribution in [-0.4, -0.2) is 46.8 Å². The molecule has 0 aliphatic carbocycles. The smallest absolute Gasteiger partial charge is 0.276 e. The number of aliphatic hydroxyl groups is 2. The number of nitrogens with one attached hydrogen (secondary N) is 2. The number of hydrogen-bond acceptors (Lipinski definition) is 8. The minimum Gasteiger partial charge on any atom is -0.508 e. The molecule has 0 unspecified atom stereocenters. The summed E-state index contributed by atoms with van der Waals surface area (Å²) in [6.07, 6.45) is 0. The number of aromatic hydroxyl groups is 2. The highest BCUT2D eigenvalue weighted by Gasteiger charge is 2.41. The van der Waals surface area contributed by atoms with Crippen molar-refractivity contribution in [1.82, 2.24) is 20.0 Å². The van der Waals surface area contributed by atoms with Crippen molar-refractivity contribution >= 4 is 66.8 Å². The van der Waals surface area contributed by atoms with Crippen molar-refractivity contribution < 1.29 is 30.0 Å². The molecule has 196 valence electrons. The van der Waals surface area contributed by atoms with Gasteiger partial charge in [-0.15, -0.1) is 11.3 Å². The van der Waals surface area contributed by atoms with E-state index in [0.29, 0.717) is 54.1 Å². The first-order chi connectivity index (χ1) is 18.8. The summed E-state index contributed by atoms with van der Waals surface area (Å²) in [6.45, 7) is -0.293. The SMILES string of the molecule is Cn1c2cc(O)ccc2c2c3c(c4c5ccc(O)cc5[nH]c4c21)C(=O)N(NCc1cc(CO)c(CO)s1)C3=O. The lowest BCUT2D eigenvalue weighted by molar-refractivity contribution is 0.0564. The number of hydrazine groups is 1. The lowest BCUT2D eigenvalue weighted by Crippen LogP contribution is -2.41. The molecule has 10 nitrogen and oxygen atoms in total. The number of carbonyl (C=O) groups excluding carboxylic acids is 2. The van der Waals surface area contributed by atoms with Gasteiger partial charge in [-0.1, -0.05) is 0 Å². The second-order valence-corrected chi connectivity index (χ2v) is 10.8. The number of aliphatic hydroxyl groups excluding tert-OH is 2. The average Bonchev–Trinajstić information content (AvgIpc) is 3.63. The molecule has 3 aromatic carbocycles. The van der Waals surface area contributed by atoms with E-state index in [4.69, 9.17) is 0 Å². The second-order valence-electron chi connectivity index (χ2n) is 9.60. The number of imide groups is 1. The monoisotopic (exact) mass is 542 g/mol. The van der Waals surface area contributed by atoms with Gasteiger partial charge in [0.1, 0.15) is 11.5 Å². The maximum atomic E-state index is 14.0. The van der Waals surface area contributed by atoms with Gasteiger partial charge in [0.05, 0.1) is 53.0 Å². The Hall–Kier alpha value is -4.42. The van der Waals surface area contributed by atoms with Gasteiger partial charge >= 0.3 is 0 Å². The number of fused-ring (bicyclic) bond motifs is 10. The molecule has 0 fully saturated rings. The largest absolute Gasteiger partial charge is 0.508 e. The van der Waals surface area contributed by atoms with Gasteiger partial charge in [-0.2, -0.15) is 0 Å². The number of rotatable bonds is 5. The van der Waals surface area contributed by atoms with Gasteiger partial charge < -0.3 is 30.0 Å². The van der Waals surface area contributed by atoms with Gasteiger partial charge in [0, 0.05) is 50.5 Å². The number of carbonyl (C=O) groups is 2. The number of H-pyrrole nitrogens is 1. The van der Waals surface area contributed by atoms with Crippen LogP contribution in [0.2, 0.25) is 0 Å². The highest BCUT2D eigenvalue weighted by Crippen LogP contribution is 2.45. The molecule has 4 heterocycles. The Labute approximate surface area is 223 Å². The summed E-state index contributed by atoms with van der Waals surface area (Å²) >= 11 is 1.29. The van der Waals surface area contributed by atoms with Crippen LogP contribution in [0, 0.1) is 0 Å². The van der Waals surface area contributed by atoms with Crippen molar-refractivity contribution in [1.29, 1.82) is 0 Å². The number of aryl methyl sites for hydroxylation is 1. The maximum Gasteiger partial charge on any atom is 0.276 e. The summed E-state index contributed by atoms with van der Waals surface area (Å²) in [5.74, 6) is -0.867. The van der Waals surface area contributed by atoms with E-state index >= 15 is 0 Å². The molecule has 1 aliphatic heterocycles. The van der Waals surface area contributed by atoms with E-state index in [1.807, 2.05) is 11.6 Å². The summed E-state index contributed by atoms with van der Waals surface area (Å²) < 4.78 is 1.88. The molecule has 0 saturated heterocycles. The lowest BCUT2D eigenvalue weighted by Gasteiger charge is -2.14. The van der Waals surface area contributed by atoms with Crippen LogP contribution in [0.1, 0.15) is 36.0 Å². The molecule has 7 rings (SSSR count). The van der Waals surface area contributed by atoms with Crippen molar-refractivity contribution in [3.8, 4) is 11.5 Å². The third-order valence-corrected chi connectivity index (χ3v) is 8.62. The highest BCUT2D eigenvalue weighted by atomic mass is 32.1. The van der Waals surface area contributed by atoms with Crippen molar-refractivity contribution in [2.24, 2.45) is 7.05 Å². The molecule has 0 atom stereocenters. The van der Waals surface area contributed by atoms with Crippen molar-refractivity contribution in [3.05, 3.63) is 68.9 Å². The first kappa shape index (κ1) is 23.7. The highest BCUT2D eigenvalue weighted by molar-refractivity contribution is 7.12. The van der Waals surface area contributed by atoms with Crippen LogP contribution in [0.3, 0.4) is 0 Å². The molecular weight excluding hydrogens is 520 g/mol. The molecule has 39 heavy (non-hydrogen) atoms. The lowest BCUT2D eigenvalue weighted by atomic mass is 9.96. The van der Waals surface area contributed by atoms with E-state index in [-0.39, 0.29) is 42.4 Å². The Morgan fingerprint density at radius 1 is 0.897 bits per heavy atom. The molecule has 0 radical (unpaired) electrons. The quantitative estimate of drug-likeness (QED) is 0.182. The first-order valence-electron chi connectivity index (χ1n) is 12.2. The summed E-state index contributed by atoms with van der Waals surface area (Å²) in [5.41, 5.74) is 6.73. The fourth-order valence-electron chi connectivity index (χ4n) is 5.77. The summed E-state index contributed by atoms with van der Waals surface area (Å²) in [5, 5.41) is 43.0. The molecule has 11 heteroatoms. The number of aromatic nitrogens is 2. The number of hydrogen-bond donors (Lipinski definition) is 6.